The summed E-state index contributed by atoms with van der Waals surface area (Å²) < 4.78 is 43.5. The van der Waals surface area contributed by atoms with Crippen LogP contribution >= 0.6 is 0 Å². The molecule has 170 valence electrons. The molecule has 0 saturated carbocycles. The van der Waals surface area contributed by atoms with Crippen molar-refractivity contribution < 1.29 is 17.9 Å². The van der Waals surface area contributed by atoms with E-state index in [0.29, 0.717) is 5.56 Å². The largest absolute Gasteiger partial charge is 0.573 e. The maximum atomic E-state index is 13.1. The van der Waals surface area contributed by atoms with Gasteiger partial charge in [-0.3, -0.25) is 0 Å². The molecule has 2 heterocycles. The van der Waals surface area contributed by atoms with Gasteiger partial charge in [0.25, 0.3) is 0 Å². The number of amidine groups is 1. The molecular formula is C26H24F3N3O. The first-order valence-electron chi connectivity index (χ1n) is 11.0. The molecule has 33 heavy (non-hydrogen) atoms. The van der Waals surface area contributed by atoms with E-state index in [4.69, 9.17) is 4.99 Å². The number of alkyl halides is 3. The van der Waals surface area contributed by atoms with Crippen LogP contribution in [0.3, 0.4) is 0 Å². The number of halogens is 3. The van der Waals surface area contributed by atoms with E-state index in [1.165, 1.54) is 17.7 Å². The van der Waals surface area contributed by atoms with Crippen molar-refractivity contribution in [1.82, 2.24) is 4.90 Å². The molecule has 0 bridgehead atoms. The normalized spacial score (nSPS) is 20.1. The van der Waals surface area contributed by atoms with E-state index in [9.17, 15) is 13.2 Å². The van der Waals surface area contributed by atoms with Gasteiger partial charge in [0.1, 0.15) is 11.6 Å². The lowest BCUT2D eigenvalue weighted by Crippen LogP contribution is -2.35. The van der Waals surface area contributed by atoms with Gasteiger partial charge in [-0.2, -0.15) is 0 Å². The smallest absolute Gasteiger partial charge is 0.405 e. The molecule has 0 spiro atoms. The zero-order valence-corrected chi connectivity index (χ0v) is 18.1. The van der Waals surface area contributed by atoms with Crippen LogP contribution in [0.15, 0.2) is 77.8 Å². The van der Waals surface area contributed by atoms with Crippen molar-refractivity contribution in [3.05, 3.63) is 95.1 Å². The van der Waals surface area contributed by atoms with Crippen molar-refractivity contribution in [2.45, 2.75) is 38.3 Å². The first-order valence-corrected chi connectivity index (χ1v) is 11.0. The third-order valence-corrected chi connectivity index (χ3v) is 6.19. The summed E-state index contributed by atoms with van der Waals surface area (Å²) in [5, 5.41) is 3.35. The average molecular weight is 451 g/mol. The molecule has 1 fully saturated rings. The number of aliphatic imine (C=N–C) groups is 1. The third kappa shape index (κ3) is 4.27. The van der Waals surface area contributed by atoms with E-state index in [-0.39, 0.29) is 11.8 Å². The zero-order chi connectivity index (χ0) is 23.0. The average Bonchev–Trinajstić information content (AvgIpc) is 3.29. The number of rotatable bonds is 3. The molecule has 0 radical (unpaired) electrons. The molecule has 1 saturated heterocycles. The van der Waals surface area contributed by atoms with Crippen LogP contribution in [0.1, 0.15) is 47.3 Å². The molecule has 5 rings (SSSR count). The fraction of sp³-hybridized carbons (Fsp3) is 0.269. The number of aryl methyl sites for hydroxylation is 1. The SMILES string of the molecule is Cc1cccc2c1NC(c1ccccc1OC(F)(F)F)N=C2N1CCCC1c1ccccc1. The molecule has 2 aliphatic rings. The highest BCUT2D eigenvalue weighted by Crippen LogP contribution is 2.41. The molecule has 3 aromatic carbocycles. The summed E-state index contributed by atoms with van der Waals surface area (Å²) in [6.07, 6.45) is -3.47. The predicted molar refractivity (Wildman–Crippen MR) is 122 cm³/mol. The minimum Gasteiger partial charge on any atom is -0.405 e. The number of nitrogens with one attached hydrogen (secondary N) is 1. The highest BCUT2D eigenvalue weighted by atomic mass is 19.4. The van der Waals surface area contributed by atoms with Crippen LogP contribution in [0, 0.1) is 6.92 Å². The summed E-state index contributed by atoms with van der Waals surface area (Å²) in [4.78, 5) is 7.25. The van der Waals surface area contributed by atoms with Crippen molar-refractivity contribution in [3.63, 3.8) is 0 Å². The molecule has 4 nitrogen and oxygen atoms in total. The Labute approximate surface area is 190 Å². The first kappa shape index (κ1) is 21.4. The Kier molecular flexibility index (Phi) is 5.48. The maximum Gasteiger partial charge on any atom is 0.573 e. The molecule has 2 aliphatic heterocycles. The van der Waals surface area contributed by atoms with Crippen LogP contribution in [-0.4, -0.2) is 23.6 Å². The molecule has 7 heteroatoms. The number of hydrogen-bond acceptors (Lipinski definition) is 4. The molecule has 2 unspecified atom stereocenters. The number of anilines is 1. The minimum absolute atomic E-state index is 0.165. The molecule has 0 aliphatic carbocycles. The zero-order valence-electron chi connectivity index (χ0n) is 18.1. The summed E-state index contributed by atoms with van der Waals surface area (Å²) in [7, 11) is 0. The monoisotopic (exact) mass is 451 g/mol. The van der Waals surface area contributed by atoms with Crippen LogP contribution in [0.25, 0.3) is 0 Å². The number of nitrogens with zero attached hydrogens (tertiary/aromatic N) is 2. The fourth-order valence-electron chi connectivity index (χ4n) is 4.75. The Morgan fingerprint density at radius 2 is 1.73 bits per heavy atom. The molecule has 1 N–H and O–H groups in total. The highest BCUT2D eigenvalue weighted by molar-refractivity contribution is 6.06. The van der Waals surface area contributed by atoms with Gasteiger partial charge < -0.3 is 15.0 Å². The van der Waals surface area contributed by atoms with Crippen molar-refractivity contribution >= 4 is 11.5 Å². The minimum atomic E-state index is -4.78. The Morgan fingerprint density at radius 3 is 2.52 bits per heavy atom. The van der Waals surface area contributed by atoms with E-state index < -0.39 is 12.5 Å². The van der Waals surface area contributed by atoms with Crippen molar-refractivity contribution in [1.29, 1.82) is 0 Å². The molecule has 0 aromatic heterocycles. The van der Waals surface area contributed by atoms with Crippen LogP contribution < -0.4 is 10.1 Å². The number of ether oxygens (including phenoxy) is 1. The van der Waals surface area contributed by atoms with Crippen LogP contribution in [0.4, 0.5) is 18.9 Å². The molecule has 0 amide bonds. The Hall–Kier alpha value is -3.48. The van der Waals surface area contributed by atoms with Gasteiger partial charge in [0.15, 0.2) is 6.17 Å². The lowest BCUT2D eigenvalue weighted by molar-refractivity contribution is -0.274. The lowest BCUT2D eigenvalue weighted by atomic mass is 10.00. The number of likely N-dealkylation sites (tertiary alicyclic amines) is 1. The van der Waals surface area contributed by atoms with Gasteiger partial charge in [0.2, 0.25) is 0 Å². The van der Waals surface area contributed by atoms with Crippen LogP contribution in [0.2, 0.25) is 0 Å². The topological polar surface area (TPSA) is 36.9 Å². The third-order valence-electron chi connectivity index (χ3n) is 6.19. The van der Waals surface area contributed by atoms with Gasteiger partial charge >= 0.3 is 6.36 Å². The Morgan fingerprint density at radius 1 is 0.970 bits per heavy atom. The van der Waals surface area contributed by atoms with E-state index in [1.807, 2.05) is 43.3 Å². The molecule has 2 atom stereocenters. The summed E-state index contributed by atoms with van der Waals surface area (Å²) >= 11 is 0. The van der Waals surface area contributed by atoms with Gasteiger partial charge in [-0.05, 0) is 43.0 Å². The van der Waals surface area contributed by atoms with Crippen molar-refractivity contribution in [2.24, 2.45) is 4.99 Å². The van der Waals surface area contributed by atoms with Gasteiger partial charge in [-0.1, -0.05) is 60.7 Å². The summed E-state index contributed by atoms with van der Waals surface area (Å²) in [6.45, 7) is 2.82. The molecule has 3 aromatic rings. The maximum absolute atomic E-state index is 13.1. The lowest BCUT2D eigenvalue weighted by Gasteiger charge is -2.35. The molecular weight excluding hydrogens is 427 g/mol. The van der Waals surface area contributed by atoms with Crippen molar-refractivity contribution in [2.75, 3.05) is 11.9 Å². The number of benzene rings is 3. The first-order chi connectivity index (χ1) is 15.9. The van der Waals surface area contributed by atoms with Crippen LogP contribution in [0.5, 0.6) is 5.75 Å². The summed E-state index contributed by atoms with van der Waals surface area (Å²) in [5.41, 5.74) is 4.41. The Balaban J connectivity index is 1.60. The van der Waals surface area contributed by atoms with Gasteiger partial charge in [-0.15, -0.1) is 13.2 Å². The van der Waals surface area contributed by atoms with E-state index in [1.54, 1.807) is 12.1 Å². The fourth-order valence-corrected chi connectivity index (χ4v) is 4.75. The number of fused-ring (bicyclic) bond motifs is 1. The standard InChI is InChI=1S/C26H24F3N3O/c1-17-9-7-13-20-23(17)30-24(19-12-5-6-15-22(19)33-26(27,28)29)31-25(20)32-16-8-14-21(32)18-10-3-2-4-11-18/h2-7,9-13,15,21,24,30H,8,14,16H2,1H3. The van der Waals surface area contributed by atoms with E-state index in [2.05, 4.69) is 27.1 Å². The van der Waals surface area contributed by atoms with E-state index >= 15 is 0 Å². The quantitative estimate of drug-likeness (QED) is 0.487. The summed E-state index contributed by atoms with van der Waals surface area (Å²) in [6, 6.07) is 22.6. The summed E-state index contributed by atoms with van der Waals surface area (Å²) in [5.74, 6) is 0.550. The predicted octanol–water partition coefficient (Wildman–Crippen LogP) is 6.60. The van der Waals surface area contributed by atoms with Crippen molar-refractivity contribution in [3.8, 4) is 5.75 Å². The van der Waals surface area contributed by atoms with E-state index in [0.717, 1.165) is 42.0 Å². The number of para-hydroxylation sites is 2. The van der Waals surface area contributed by atoms with Gasteiger partial charge in [0, 0.05) is 23.4 Å². The highest BCUT2D eigenvalue weighted by Gasteiger charge is 2.36. The number of hydrogen-bond donors (Lipinski definition) is 1. The second-order valence-electron chi connectivity index (χ2n) is 8.34. The second kappa shape index (κ2) is 8.46. The Bertz CT molecular complexity index is 1180. The second-order valence-corrected chi connectivity index (χ2v) is 8.34. The van der Waals surface area contributed by atoms with Gasteiger partial charge in [-0.25, -0.2) is 4.99 Å². The van der Waals surface area contributed by atoms with Gasteiger partial charge in [0.05, 0.1) is 6.04 Å². The van der Waals surface area contributed by atoms with Crippen LogP contribution in [-0.2, 0) is 0 Å².